The third kappa shape index (κ3) is 8.94. The molecule has 0 radical (unpaired) electrons. The van der Waals surface area contributed by atoms with E-state index in [0.717, 1.165) is 11.1 Å². The molecule has 51 heavy (non-hydrogen) atoms. The molecular weight excluding hydrogens is 668 g/mol. The van der Waals surface area contributed by atoms with Crippen molar-refractivity contribution in [2.45, 2.75) is 81.6 Å². The zero-order valence-corrected chi connectivity index (χ0v) is 29.7. The molecular formula is C37H48O14. The summed E-state index contributed by atoms with van der Waals surface area (Å²) in [6.45, 7) is 13.6. The van der Waals surface area contributed by atoms with Crippen LogP contribution < -0.4 is 28.4 Å². The van der Waals surface area contributed by atoms with Crippen molar-refractivity contribution in [3.05, 3.63) is 35.4 Å². The monoisotopic (exact) mass is 716 g/mol. The first-order valence-electron chi connectivity index (χ1n) is 17.7. The molecule has 4 saturated heterocycles. The van der Waals surface area contributed by atoms with Crippen LogP contribution in [0.5, 0.6) is 34.5 Å². The first kappa shape index (κ1) is 35.0. The van der Waals surface area contributed by atoms with Crippen LogP contribution in [0.4, 0.5) is 0 Å². The molecule has 0 N–H and O–H groups in total. The first-order valence-corrected chi connectivity index (χ1v) is 17.7. The van der Waals surface area contributed by atoms with Crippen LogP contribution in [0.3, 0.4) is 0 Å². The summed E-state index contributed by atoms with van der Waals surface area (Å²) in [6.07, 6.45) is 1.67. The molecule has 2 aromatic carbocycles. The van der Waals surface area contributed by atoms with E-state index in [1.807, 2.05) is 24.3 Å². The number of benzene rings is 2. The highest BCUT2D eigenvalue weighted by Crippen LogP contribution is 2.56. The van der Waals surface area contributed by atoms with Crippen LogP contribution in [-0.4, -0.2) is 110 Å². The van der Waals surface area contributed by atoms with E-state index >= 15 is 0 Å². The van der Waals surface area contributed by atoms with E-state index in [1.165, 1.54) is 0 Å². The molecule has 280 valence electrons. The average Bonchev–Trinajstić information content (AvgIpc) is 3.89. The second kappa shape index (κ2) is 14.4. The van der Waals surface area contributed by atoms with Crippen molar-refractivity contribution in [2.24, 2.45) is 0 Å². The maximum absolute atomic E-state index is 6.90. The van der Waals surface area contributed by atoms with Gasteiger partial charge in [0.2, 0.25) is 0 Å². The van der Waals surface area contributed by atoms with Crippen LogP contribution in [0.2, 0.25) is 0 Å². The number of hydrogen-bond donors (Lipinski definition) is 0. The fourth-order valence-electron chi connectivity index (χ4n) is 6.72. The van der Waals surface area contributed by atoms with Gasteiger partial charge in [-0.3, -0.25) is 0 Å². The highest BCUT2D eigenvalue weighted by Gasteiger charge is 2.54. The number of ether oxygens (including phenoxy) is 14. The largest absolute Gasteiger partial charge is 0.464 e. The third-order valence-corrected chi connectivity index (χ3v) is 9.58. The lowest BCUT2D eigenvalue weighted by atomic mass is 9.69. The van der Waals surface area contributed by atoms with Crippen molar-refractivity contribution in [3.8, 4) is 34.5 Å². The quantitative estimate of drug-likeness (QED) is 0.110. The zero-order chi connectivity index (χ0) is 35.1. The Labute approximate surface area is 297 Å². The molecule has 6 aliphatic rings. The van der Waals surface area contributed by atoms with Crippen molar-refractivity contribution < 1.29 is 66.3 Å². The van der Waals surface area contributed by atoms with Gasteiger partial charge in [0.25, 0.3) is 5.79 Å². The van der Waals surface area contributed by atoms with Gasteiger partial charge < -0.3 is 66.3 Å². The van der Waals surface area contributed by atoms with Crippen molar-refractivity contribution in [2.75, 3.05) is 80.0 Å². The highest BCUT2D eigenvalue weighted by molar-refractivity contribution is 5.57. The van der Waals surface area contributed by atoms with Gasteiger partial charge in [-0.15, -0.1) is 0 Å². The molecule has 6 aliphatic heterocycles. The minimum absolute atomic E-state index is 0.0290. The predicted molar refractivity (Wildman–Crippen MR) is 177 cm³/mol. The summed E-state index contributed by atoms with van der Waals surface area (Å²) in [4.78, 5) is 0. The van der Waals surface area contributed by atoms with Gasteiger partial charge in [-0.2, -0.15) is 0 Å². The Hall–Kier alpha value is -3.08. The summed E-state index contributed by atoms with van der Waals surface area (Å²) in [7, 11) is 0. The summed E-state index contributed by atoms with van der Waals surface area (Å²) < 4.78 is 81.9. The van der Waals surface area contributed by atoms with E-state index in [9.17, 15) is 0 Å². The minimum atomic E-state index is -0.993. The maximum Gasteiger partial charge on any atom is 0.252 e. The number of epoxide rings is 4. The average molecular weight is 717 g/mol. The van der Waals surface area contributed by atoms with E-state index in [-0.39, 0.29) is 62.4 Å². The lowest BCUT2D eigenvalue weighted by Gasteiger charge is -2.51. The van der Waals surface area contributed by atoms with Gasteiger partial charge in [-0.1, -0.05) is 27.7 Å². The van der Waals surface area contributed by atoms with Gasteiger partial charge in [0.05, 0.1) is 52.9 Å². The molecule has 4 atom stereocenters. The summed E-state index contributed by atoms with van der Waals surface area (Å²) in [5.41, 5.74) is 1.21. The van der Waals surface area contributed by atoms with Crippen LogP contribution in [-0.2, 0) is 48.7 Å². The Morgan fingerprint density at radius 1 is 0.490 bits per heavy atom. The summed E-state index contributed by atoms with van der Waals surface area (Å²) in [5, 5.41) is 0. The second-order valence-corrected chi connectivity index (χ2v) is 15.2. The summed E-state index contributed by atoms with van der Waals surface area (Å²) in [6, 6.07) is 7.67. The van der Waals surface area contributed by atoms with Gasteiger partial charge in [-0.25, -0.2) is 0 Å². The van der Waals surface area contributed by atoms with Crippen LogP contribution in [0.15, 0.2) is 24.3 Å². The van der Waals surface area contributed by atoms with Gasteiger partial charge in [0.15, 0.2) is 50.2 Å². The standard InChI is InChI=1S/C37H48O14/c1-35(2)17-37(50-29-7-33(48-21-40-11-25-15-44-25)31(5-27(29)35)46-19-38-9-23-13-42-23)18-36(3,4)28-6-32(47-20-39-10-24-14-43-24)34(8-30(28)51-37)49-22-41-12-26-16-45-26/h5-8,23-26H,9-22H2,1-4H3. The van der Waals surface area contributed by atoms with Crippen molar-refractivity contribution in [1.29, 1.82) is 0 Å². The molecule has 0 aliphatic carbocycles. The Morgan fingerprint density at radius 2 is 0.784 bits per heavy atom. The molecule has 0 aromatic heterocycles. The third-order valence-electron chi connectivity index (χ3n) is 9.58. The molecule has 2 aromatic rings. The molecule has 0 amide bonds. The van der Waals surface area contributed by atoms with Crippen molar-refractivity contribution in [1.82, 2.24) is 0 Å². The Bertz CT molecular complexity index is 1410. The smallest absolute Gasteiger partial charge is 0.252 e. The topological polar surface area (TPSA) is 142 Å². The Balaban J connectivity index is 1.03. The fraction of sp³-hybridized carbons (Fsp3) is 0.676. The lowest BCUT2D eigenvalue weighted by Crippen LogP contribution is -2.55. The van der Waals surface area contributed by atoms with E-state index in [0.29, 0.717) is 100 Å². The van der Waals surface area contributed by atoms with Crippen LogP contribution in [0, 0.1) is 0 Å². The molecule has 8 rings (SSSR count). The molecule has 6 heterocycles. The summed E-state index contributed by atoms with van der Waals surface area (Å²) >= 11 is 0. The van der Waals surface area contributed by atoms with Gasteiger partial charge in [0.1, 0.15) is 35.9 Å². The maximum atomic E-state index is 6.90. The SMILES string of the molecule is CC1(C)CC2(CC(C)(C)c3cc(OCOCC4CO4)c(OCOCC4CO4)cc3O2)Oc2cc(OCOCC3CO3)c(OCOCC3CO3)cc21. The molecule has 0 bridgehead atoms. The van der Waals surface area contributed by atoms with Crippen LogP contribution in [0.25, 0.3) is 0 Å². The molecule has 14 nitrogen and oxygen atoms in total. The molecule has 1 spiro atoms. The molecule has 4 fully saturated rings. The fourth-order valence-corrected chi connectivity index (χ4v) is 6.72. The molecule has 4 unspecified atom stereocenters. The molecule has 14 heteroatoms. The number of fused-ring (bicyclic) bond motifs is 2. The lowest BCUT2D eigenvalue weighted by molar-refractivity contribution is -0.166. The number of hydrogen-bond acceptors (Lipinski definition) is 14. The van der Waals surface area contributed by atoms with E-state index in [4.69, 9.17) is 66.3 Å². The number of rotatable bonds is 20. The summed E-state index contributed by atoms with van der Waals surface area (Å²) in [5.74, 6) is 2.33. The Kier molecular flexibility index (Phi) is 9.87. The minimum Gasteiger partial charge on any atom is -0.464 e. The molecule has 0 saturated carbocycles. The van der Waals surface area contributed by atoms with Gasteiger partial charge >= 0.3 is 0 Å². The first-order chi connectivity index (χ1) is 24.6. The van der Waals surface area contributed by atoms with E-state index in [2.05, 4.69) is 27.7 Å². The van der Waals surface area contributed by atoms with Crippen molar-refractivity contribution in [3.63, 3.8) is 0 Å². The van der Waals surface area contributed by atoms with E-state index in [1.54, 1.807) is 0 Å². The van der Waals surface area contributed by atoms with Crippen LogP contribution >= 0.6 is 0 Å². The zero-order valence-electron chi connectivity index (χ0n) is 29.7. The van der Waals surface area contributed by atoms with Gasteiger partial charge in [0, 0.05) is 46.9 Å². The second-order valence-electron chi connectivity index (χ2n) is 15.2. The predicted octanol–water partition coefficient (Wildman–Crippen LogP) is 4.21. The Morgan fingerprint density at radius 3 is 1.08 bits per heavy atom. The van der Waals surface area contributed by atoms with Gasteiger partial charge in [-0.05, 0) is 12.1 Å². The van der Waals surface area contributed by atoms with E-state index < -0.39 is 5.79 Å². The normalized spacial score (nSPS) is 28.5. The van der Waals surface area contributed by atoms with Crippen molar-refractivity contribution >= 4 is 0 Å². The van der Waals surface area contributed by atoms with Crippen LogP contribution in [0.1, 0.15) is 51.7 Å². The highest BCUT2D eigenvalue weighted by atomic mass is 16.7.